The largest absolute Gasteiger partial charge is 0.480 e. The Kier molecular flexibility index (Phi) is 2.85. The predicted octanol–water partition coefficient (Wildman–Crippen LogP) is 0.524. The van der Waals surface area contributed by atoms with Gasteiger partial charge >= 0.3 is 5.97 Å². The number of nitro groups is 1. The highest BCUT2D eigenvalue weighted by Gasteiger charge is 2.51. The summed E-state index contributed by atoms with van der Waals surface area (Å²) in [6, 6.07) is 3.59. The van der Waals surface area contributed by atoms with E-state index in [4.69, 9.17) is 10.8 Å². The monoisotopic (exact) mass is 265 g/mol. The zero-order valence-corrected chi connectivity index (χ0v) is 9.75. The number of aliphatic carboxylic acids is 1. The second-order valence-electron chi connectivity index (χ2n) is 4.37. The summed E-state index contributed by atoms with van der Waals surface area (Å²) < 4.78 is 0. The first-order chi connectivity index (χ1) is 8.85. The number of carboxylic acids is 1. The first-order valence-corrected chi connectivity index (χ1v) is 5.45. The van der Waals surface area contributed by atoms with Gasteiger partial charge in [-0.05, 0) is 25.0 Å². The maximum Gasteiger partial charge on any atom is 0.329 e. The van der Waals surface area contributed by atoms with E-state index >= 15 is 0 Å². The van der Waals surface area contributed by atoms with Crippen LogP contribution in [0, 0.1) is 10.1 Å². The van der Waals surface area contributed by atoms with Crippen LogP contribution in [-0.2, 0) is 4.79 Å². The molecule has 1 saturated carbocycles. The van der Waals surface area contributed by atoms with Crippen molar-refractivity contribution in [2.45, 2.75) is 18.4 Å². The highest BCUT2D eigenvalue weighted by molar-refractivity contribution is 5.99. The molecule has 2 rings (SSSR count). The number of carboxylic acid groups (broad SMARTS) is 1. The van der Waals surface area contributed by atoms with Crippen LogP contribution < -0.4 is 11.1 Å². The first kappa shape index (κ1) is 12.8. The number of nitrogens with one attached hydrogen (secondary N) is 1. The van der Waals surface area contributed by atoms with E-state index in [2.05, 4.69) is 5.32 Å². The van der Waals surface area contributed by atoms with Crippen molar-refractivity contribution >= 4 is 23.3 Å². The minimum atomic E-state index is -1.23. The third kappa shape index (κ3) is 2.32. The summed E-state index contributed by atoms with van der Waals surface area (Å²) in [5.41, 5.74) is 3.75. The molecule has 0 atom stereocenters. The average molecular weight is 265 g/mol. The lowest BCUT2D eigenvalue weighted by atomic mass is 10.1. The normalized spacial score (nSPS) is 15.6. The van der Waals surface area contributed by atoms with Gasteiger partial charge in [-0.25, -0.2) is 4.79 Å². The van der Waals surface area contributed by atoms with Crippen molar-refractivity contribution < 1.29 is 19.6 Å². The van der Waals surface area contributed by atoms with E-state index in [9.17, 15) is 19.7 Å². The Balaban J connectivity index is 2.23. The van der Waals surface area contributed by atoms with Crippen LogP contribution in [-0.4, -0.2) is 27.4 Å². The fourth-order valence-corrected chi connectivity index (χ4v) is 1.65. The molecule has 0 saturated heterocycles. The Morgan fingerprint density at radius 1 is 1.42 bits per heavy atom. The number of nitrogens with zero attached hydrogens (tertiary/aromatic N) is 1. The lowest BCUT2D eigenvalue weighted by Crippen LogP contribution is -2.43. The van der Waals surface area contributed by atoms with Gasteiger partial charge in [-0.1, -0.05) is 0 Å². The number of amides is 1. The van der Waals surface area contributed by atoms with Gasteiger partial charge in [0, 0.05) is 11.6 Å². The Labute approximate surface area is 107 Å². The minimum Gasteiger partial charge on any atom is -0.480 e. The molecule has 100 valence electrons. The highest BCUT2D eigenvalue weighted by atomic mass is 16.6. The molecule has 1 aromatic carbocycles. The molecule has 19 heavy (non-hydrogen) atoms. The molecule has 0 radical (unpaired) electrons. The Morgan fingerprint density at radius 3 is 2.53 bits per heavy atom. The summed E-state index contributed by atoms with van der Waals surface area (Å²) in [6.07, 6.45) is 0.705. The lowest BCUT2D eigenvalue weighted by molar-refractivity contribution is -0.383. The van der Waals surface area contributed by atoms with E-state index in [1.165, 1.54) is 12.1 Å². The molecule has 1 fully saturated rings. The van der Waals surface area contributed by atoms with Crippen LogP contribution in [0.2, 0.25) is 0 Å². The number of hydrogen-bond acceptors (Lipinski definition) is 5. The molecular formula is C11H11N3O5. The fourth-order valence-electron chi connectivity index (χ4n) is 1.65. The van der Waals surface area contributed by atoms with Crippen LogP contribution in [0.4, 0.5) is 11.4 Å². The summed E-state index contributed by atoms with van der Waals surface area (Å²) >= 11 is 0. The molecule has 4 N–H and O–H groups in total. The van der Waals surface area contributed by atoms with E-state index in [-0.39, 0.29) is 16.9 Å². The molecule has 0 spiro atoms. The van der Waals surface area contributed by atoms with E-state index in [1.807, 2.05) is 0 Å². The number of hydrogen-bond donors (Lipinski definition) is 3. The van der Waals surface area contributed by atoms with Crippen molar-refractivity contribution in [3.05, 3.63) is 33.9 Å². The second-order valence-corrected chi connectivity index (χ2v) is 4.37. The maximum absolute atomic E-state index is 11.9. The van der Waals surface area contributed by atoms with Crippen LogP contribution in [0.1, 0.15) is 23.2 Å². The molecule has 8 nitrogen and oxygen atoms in total. The number of nitrogen functional groups attached to an aromatic ring is 1. The molecule has 0 bridgehead atoms. The van der Waals surface area contributed by atoms with E-state index in [0.29, 0.717) is 12.8 Å². The second kappa shape index (κ2) is 4.23. The molecule has 0 heterocycles. The van der Waals surface area contributed by atoms with Gasteiger partial charge in [0.1, 0.15) is 11.2 Å². The zero-order chi connectivity index (χ0) is 14.2. The number of rotatable bonds is 4. The highest BCUT2D eigenvalue weighted by Crippen LogP contribution is 2.36. The molecular weight excluding hydrogens is 254 g/mol. The minimum absolute atomic E-state index is 0.00780. The third-order valence-corrected chi connectivity index (χ3v) is 3.00. The van der Waals surface area contributed by atoms with Crippen LogP contribution in [0.15, 0.2) is 18.2 Å². The van der Waals surface area contributed by atoms with Crippen LogP contribution in [0.3, 0.4) is 0 Å². The third-order valence-electron chi connectivity index (χ3n) is 3.00. The molecule has 0 aliphatic heterocycles. The summed E-state index contributed by atoms with van der Waals surface area (Å²) in [5, 5.41) is 22.0. The van der Waals surface area contributed by atoms with E-state index in [0.717, 1.165) is 6.07 Å². The van der Waals surface area contributed by atoms with Gasteiger partial charge in [-0.3, -0.25) is 14.9 Å². The molecule has 1 aromatic rings. The smallest absolute Gasteiger partial charge is 0.329 e. The number of benzene rings is 1. The lowest BCUT2D eigenvalue weighted by Gasteiger charge is -2.12. The van der Waals surface area contributed by atoms with E-state index < -0.39 is 22.3 Å². The van der Waals surface area contributed by atoms with Gasteiger partial charge in [0.15, 0.2) is 0 Å². The molecule has 8 heteroatoms. The number of anilines is 1. The number of nitro benzene ring substituents is 1. The Morgan fingerprint density at radius 2 is 2.05 bits per heavy atom. The molecule has 0 aromatic heterocycles. The summed E-state index contributed by atoms with van der Waals surface area (Å²) in [4.78, 5) is 32.8. The summed E-state index contributed by atoms with van der Waals surface area (Å²) in [5.74, 6) is -1.77. The number of nitrogens with two attached hydrogens (primary N) is 1. The summed E-state index contributed by atoms with van der Waals surface area (Å²) in [6.45, 7) is 0. The van der Waals surface area contributed by atoms with Gasteiger partial charge in [0.2, 0.25) is 0 Å². The van der Waals surface area contributed by atoms with Gasteiger partial charge in [0.05, 0.1) is 4.92 Å². The fraction of sp³-hybridized carbons (Fsp3) is 0.273. The van der Waals surface area contributed by atoms with Crippen molar-refractivity contribution in [2.75, 3.05) is 5.73 Å². The van der Waals surface area contributed by atoms with Crippen molar-refractivity contribution in [2.24, 2.45) is 0 Å². The van der Waals surface area contributed by atoms with Gasteiger partial charge in [0.25, 0.3) is 11.6 Å². The van der Waals surface area contributed by atoms with Gasteiger partial charge < -0.3 is 16.2 Å². The van der Waals surface area contributed by atoms with Crippen molar-refractivity contribution in [1.29, 1.82) is 0 Å². The van der Waals surface area contributed by atoms with Crippen LogP contribution in [0.25, 0.3) is 0 Å². The van der Waals surface area contributed by atoms with Crippen molar-refractivity contribution in [3.63, 3.8) is 0 Å². The van der Waals surface area contributed by atoms with Crippen LogP contribution in [0.5, 0.6) is 0 Å². The standard InChI is InChI=1S/C11H11N3O5/c12-7-2-1-6(5-8(7)14(18)19)9(15)13-11(3-4-11)10(16)17/h1-2,5H,3-4,12H2,(H,13,15)(H,16,17). The van der Waals surface area contributed by atoms with Crippen molar-refractivity contribution in [3.8, 4) is 0 Å². The number of carbonyl (C=O) groups excluding carboxylic acids is 1. The quantitative estimate of drug-likeness (QED) is 0.412. The molecule has 1 aliphatic rings. The van der Waals surface area contributed by atoms with Gasteiger partial charge in [-0.2, -0.15) is 0 Å². The van der Waals surface area contributed by atoms with Gasteiger partial charge in [-0.15, -0.1) is 0 Å². The summed E-state index contributed by atoms with van der Waals surface area (Å²) in [7, 11) is 0. The molecule has 0 unspecified atom stereocenters. The predicted molar refractivity (Wildman–Crippen MR) is 64.6 cm³/mol. The zero-order valence-electron chi connectivity index (χ0n) is 9.75. The molecule has 1 aliphatic carbocycles. The van der Waals surface area contributed by atoms with Crippen molar-refractivity contribution in [1.82, 2.24) is 5.32 Å². The Bertz CT molecular complexity index is 580. The first-order valence-electron chi connectivity index (χ1n) is 5.45. The Hall–Kier alpha value is -2.64. The topological polar surface area (TPSA) is 136 Å². The van der Waals surface area contributed by atoms with Crippen LogP contribution >= 0.6 is 0 Å². The van der Waals surface area contributed by atoms with E-state index in [1.54, 1.807) is 0 Å². The SMILES string of the molecule is Nc1ccc(C(=O)NC2(C(=O)O)CC2)cc1[N+](=O)[O-]. The average Bonchev–Trinajstić information content (AvgIpc) is 3.10. The molecule has 1 amide bonds. The number of carbonyl (C=O) groups is 2. The maximum atomic E-state index is 11.9.